The van der Waals surface area contributed by atoms with Gasteiger partial charge >= 0.3 is 5.97 Å². The highest BCUT2D eigenvalue weighted by Gasteiger charge is 2.46. The Morgan fingerprint density at radius 3 is 2.67 bits per heavy atom. The fraction of sp³-hybridized carbons (Fsp3) is 0.500. The number of rotatable bonds is 5. The van der Waals surface area contributed by atoms with Gasteiger partial charge in [0.2, 0.25) is 0 Å². The minimum absolute atomic E-state index is 0.124. The molecule has 0 heterocycles. The first-order chi connectivity index (χ1) is 8.60. The molecule has 98 valence electrons. The maximum absolute atomic E-state index is 12.0. The highest BCUT2D eigenvalue weighted by molar-refractivity contribution is 9.10. The Kier molecular flexibility index (Phi) is 4.07. The van der Waals surface area contributed by atoms with Gasteiger partial charge in [0.1, 0.15) is 0 Å². The van der Waals surface area contributed by atoms with Crippen molar-refractivity contribution < 1.29 is 14.3 Å². The minimum atomic E-state index is -0.255. The molecule has 1 aromatic carbocycles. The molecular formula is C14H17BrO3. The summed E-state index contributed by atoms with van der Waals surface area (Å²) in [5.74, 6) is -0.452. The van der Waals surface area contributed by atoms with Crippen LogP contribution in [0.4, 0.5) is 0 Å². The van der Waals surface area contributed by atoms with Crippen LogP contribution in [-0.2, 0) is 14.3 Å². The van der Waals surface area contributed by atoms with Crippen molar-refractivity contribution in [1.82, 2.24) is 0 Å². The maximum atomic E-state index is 12.0. The van der Waals surface area contributed by atoms with E-state index in [0.29, 0.717) is 6.42 Å². The predicted octanol–water partition coefficient (Wildman–Crippen LogP) is 3.27. The van der Waals surface area contributed by atoms with E-state index in [2.05, 4.69) is 15.9 Å². The Hall–Kier alpha value is -0.870. The Morgan fingerprint density at radius 2 is 2.17 bits per heavy atom. The van der Waals surface area contributed by atoms with Crippen LogP contribution in [0.25, 0.3) is 0 Å². The molecule has 4 heteroatoms. The van der Waals surface area contributed by atoms with Crippen molar-refractivity contribution in [2.45, 2.75) is 30.8 Å². The molecule has 1 aromatic rings. The van der Waals surface area contributed by atoms with E-state index in [0.717, 1.165) is 22.9 Å². The Labute approximate surface area is 116 Å². The van der Waals surface area contributed by atoms with Crippen molar-refractivity contribution in [2.75, 3.05) is 14.2 Å². The van der Waals surface area contributed by atoms with Crippen LogP contribution in [0.15, 0.2) is 28.7 Å². The van der Waals surface area contributed by atoms with E-state index in [9.17, 15) is 4.79 Å². The van der Waals surface area contributed by atoms with E-state index in [-0.39, 0.29) is 17.5 Å². The number of methoxy groups -OCH3 is 2. The van der Waals surface area contributed by atoms with E-state index >= 15 is 0 Å². The third-order valence-electron chi connectivity index (χ3n) is 3.55. The van der Waals surface area contributed by atoms with Gasteiger partial charge < -0.3 is 9.47 Å². The fourth-order valence-corrected chi connectivity index (χ4v) is 2.62. The van der Waals surface area contributed by atoms with Crippen LogP contribution >= 0.6 is 15.9 Å². The molecule has 18 heavy (non-hydrogen) atoms. The van der Waals surface area contributed by atoms with Gasteiger partial charge in [0.05, 0.1) is 18.6 Å². The third-order valence-corrected chi connectivity index (χ3v) is 4.05. The Balaban J connectivity index is 2.22. The molecule has 0 spiro atoms. The van der Waals surface area contributed by atoms with E-state index in [4.69, 9.17) is 9.47 Å². The first kappa shape index (κ1) is 13.6. The topological polar surface area (TPSA) is 35.5 Å². The summed E-state index contributed by atoms with van der Waals surface area (Å²) in [4.78, 5) is 12.0. The number of carbonyl (C=O) groups is 1. The maximum Gasteiger partial charge on any atom is 0.313 e. The van der Waals surface area contributed by atoms with Crippen LogP contribution in [0.3, 0.4) is 0 Å². The van der Waals surface area contributed by atoms with Crippen molar-refractivity contribution in [3.05, 3.63) is 34.3 Å². The van der Waals surface area contributed by atoms with Crippen LogP contribution < -0.4 is 0 Å². The van der Waals surface area contributed by atoms with Gasteiger partial charge in [0.25, 0.3) is 0 Å². The van der Waals surface area contributed by atoms with E-state index < -0.39 is 0 Å². The SMILES string of the molecule is COC(=O)C(CC1(OC)CC1)c1cccc(Br)c1. The lowest BCUT2D eigenvalue weighted by Crippen LogP contribution is -2.23. The summed E-state index contributed by atoms with van der Waals surface area (Å²) in [5.41, 5.74) is 0.848. The van der Waals surface area contributed by atoms with Gasteiger partial charge in [-0.3, -0.25) is 4.79 Å². The minimum Gasteiger partial charge on any atom is -0.469 e. The second-order valence-electron chi connectivity index (χ2n) is 4.72. The number of hydrogen-bond donors (Lipinski definition) is 0. The molecule has 0 N–H and O–H groups in total. The molecule has 0 saturated heterocycles. The zero-order valence-corrected chi connectivity index (χ0v) is 12.2. The summed E-state index contributed by atoms with van der Waals surface area (Å²) in [6, 6.07) is 7.80. The third kappa shape index (κ3) is 2.93. The van der Waals surface area contributed by atoms with E-state index in [1.54, 1.807) is 7.11 Å². The molecule has 0 radical (unpaired) electrons. The van der Waals surface area contributed by atoms with Crippen molar-refractivity contribution in [3.8, 4) is 0 Å². The molecule has 0 amide bonds. The second-order valence-corrected chi connectivity index (χ2v) is 5.64. The Bertz CT molecular complexity index is 440. The molecule has 3 nitrogen and oxygen atoms in total. The molecule has 1 aliphatic carbocycles. The summed E-state index contributed by atoms with van der Waals surface area (Å²) in [7, 11) is 3.14. The fourth-order valence-electron chi connectivity index (χ4n) is 2.21. The van der Waals surface area contributed by atoms with Gasteiger partial charge in [-0.05, 0) is 37.0 Å². The summed E-state index contributed by atoms with van der Waals surface area (Å²) in [6.45, 7) is 0. The molecule has 0 aliphatic heterocycles. The van der Waals surface area contributed by atoms with Crippen LogP contribution in [0.5, 0.6) is 0 Å². The lowest BCUT2D eigenvalue weighted by atomic mass is 9.92. The van der Waals surface area contributed by atoms with Gasteiger partial charge in [-0.2, -0.15) is 0 Å². The number of ether oxygens (including phenoxy) is 2. The molecule has 0 bridgehead atoms. The molecular weight excluding hydrogens is 296 g/mol. The highest BCUT2D eigenvalue weighted by Crippen LogP contribution is 2.46. The number of esters is 1. The number of halogens is 1. The molecule has 1 fully saturated rings. The molecule has 2 rings (SSSR count). The molecule has 1 aliphatic rings. The zero-order valence-electron chi connectivity index (χ0n) is 10.6. The average molecular weight is 313 g/mol. The normalized spacial score (nSPS) is 18.2. The molecule has 1 unspecified atom stereocenters. The van der Waals surface area contributed by atoms with Crippen molar-refractivity contribution in [1.29, 1.82) is 0 Å². The molecule has 0 aromatic heterocycles. The number of hydrogen-bond acceptors (Lipinski definition) is 3. The van der Waals surface area contributed by atoms with Crippen LogP contribution in [-0.4, -0.2) is 25.8 Å². The zero-order chi connectivity index (χ0) is 13.2. The summed E-state index contributed by atoms with van der Waals surface area (Å²) in [6.07, 6.45) is 2.72. The monoisotopic (exact) mass is 312 g/mol. The molecule has 1 saturated carbocycles. The molecule has 1 atom stereocenters. The summed E-state index contributed by atoms with van der Waals surface area (Å²) < 4.78 is 11.4. The largest absolute Gasteiger partial charge is 0.469 e. The number of benzene rings is 1. The van der Waals surface area contributed by atoms with Gasteiger partial charge in [-0.15, -0.1) is 0 Å². The lowest BCUT2D eigenvalue weighted by molar-refractivity contribution is -0.143. The van der Waals surface area contributed by atoms with Crippen LogP contribution in [0.1, 0.15) is 30.7 Å². The quantitative estimate of drug-likeness (QED) is 0.783. The van der Waals surface area contributed by atoms with Gasteiger partial charge in [0, 0.05) is 11.6 Å². The van der Waals surface area contributed by atoms with Gasteiger partial charge in [0.15, 0.2) is 0 Å². The van der Waals surface area contributed by atoms with Crippen molar-refractivity contribution in [3.63, 3.8) is 0 Å². The summed E-state index contributed by atoms with van der Waals surface area (Å²) >= 11 is 3.43. The Morgan fingerprint density at radius 1 is 1.44 bits per heavy atom. The first-order valence-corrected chi connectivity index (χ1v) is 6.78. The lowest BCUT2D eigenvalue weighted by Gasteiger charge is -2.21. The first-order valence-electron chi connectivity index (χ1n) is 5.99. The van der Waals surface area contributed by atoms with Gasteiger partial charge in [-0.1, -0.05) is 28.1 Å². The second kappa shape index (κ2) is 5.41. The van der Waals surface area contributed by atoms with Crippen molar-refractivity contribution >= 4 is 21.9 Å². The van der Waals surface area contributed by atoms with E-state index in [1.165, 1.54) is 7.11 Å². The van der Waals surface area contributed by atoms with Gasteiger partial charge in [-0.25, -0.2) is 0 Å². The average Bonchev–Trinajstić information content (AvgIpc) is 3.15. The standard InChI is InChI=1S/C14H17BrO3/c1-17-13(16)12(9-14(18-2)6-7-14)10-4-3-5-11(15)8-10/h3-5,8,12H,6-7,9H2,1-2H3. The highest BCUT2D eigenvalue weighted by atomic mass is 79.9. The predicted molar refractivity (Wildman–Crippen MR) is 72.5 cm³/mol. The summed E-state index contributed by atoms with van der Waals surface area (Å²) in [5, 5.41) is 0. The smallest absolute Gasteiger partial charge is 0.313 e. The van der Waals surface area contributed by atoms with Crippen molar-refractivity contribution in [2.24, 2.45) is 0 Å². The van der Waals surface area contributed by atoms with Crippen LogP contribution in [0.2, 0.25) is 0 Å². The number of carbonyl (C=O) groups excluding carboxylic acids is 1. The van der Waals surface area contributed by atoms with E-state index in [1.807, 2.05) is 24.3 Å². The van der Waals surface area contributed by atoms with Crippen LogP contribution in [0, 0.1) is 0 Å².